The Morgan fingerprint density at radius 1 is 0.459 bits per heavy atom. The molecule has 1 saturated heterocycles. The van der Waals surface area contributed by atoms with Crippen LogP contribution in [-0.2, 0) is 14.3 Å². The molecule has 11 nitrogen and oxygen atoms in total. The number of hydrogen-bond donors (Lipinski definition) is 8. The van der Waals surface area contributed by atoms with Crippen LogP contribution in [0.3, 0.4) is 0 Å². The van der Waals surface area contributed by atoms with E-state index in [-0.39, 0.29) is 12.8 Å². The van der Waals surface area contributed by atoms with Crippen LogP contribution < -0.4 is 5.32 Å². The lowest BCUT2D eigenvalue weighted by atomic mass is 9.98. The van der Waals surface area contributed by atoms with Gasteiger partial charge in [0.05, 0.1) is 25.4 Å². The third-order valence-corrected chi connectivity index (χ3v) is 15.5. The van der Waals surface area contributed by atoms with E-state index in [9.17, 15) is 40.5 Å². The van der Waals surface area contributed by atoms with Crippen LogP contribution in [0.2, 0.25) is 0 Å². The molecule has 0 aromatic carbocycles. The number of allylic oxidation sites excluding steroid dienone is 4. The Kier molecular flexibility index (Phi) is 49.9. The number of unbranched alkanes of at least 4 members (excludes halogenated alkanes) is 39. The van der Waals surface area contributed by atoms with Gasteiger partial charge in [-0.3, -0.25) is 4.79 Å². The Bertz CT molecular complexity index is 1250. The summed E-state index contributed by atoms with van der Waals surface area (Å²) in [6.45, 7) is 3.48. The van der Waals surface area contributed by atoms with Crippen molar-refractivity contribution in [1.29, 1.82) is 0 Å². The Hall–Kier alpha value is -1.41. The van der Waals surface area contributed by atoms with Crippen LogP contribution in [0.5, 0.6) is 0 Å². The molecular formula is C63H121NO10. The molecule has 1 amide bonds. The number of hydrogen-bond acceptors (Lipinski definition) is 10. The van der Waals surface area contributed by atoms with Gasteiger partial charge in [0.2, 0.25) is 5.91 Å². The summed E-state index contributed by atoms with van der Waals surface area (Å²) in [5.74, 6) is -0.702. The summed E-state index contributed by atoms with van der Waals surface area (Å²) in [7, 11) is 0. The van der Waals surface area contributed by atoms with Crippen LogP contribution in [-0.4, -0.2) is 110 Å². The number of carbonyl (C=O) groups excluding carboxylic acids is 1. The van der Waals surface area contributed by atoms with E-state index >= 15 is 0 Å². The fourth-order valence-corrected chi connectivity index (χ4v) is 10.3. The van der Waals surface area contributed by atoms with Crippen molar-refractivity contribution in [2.45, 2.75) is 358 Å². The molecule has 0 aromatic rings. The first-order valence-corrected chi connectivity index (χ1v) is 31.7. The SMILES string of the molecule is CCCCCCCCCCCCCC/C=C\CCCCCCCCCCCCCCC(O)C(=O)NC(COC1OC(CO)C(O)C(O)C1O)C(O)C(O)CCC/C=C/CCCCCCCCCCCCCCCC. The minimum Gasteiger partial charge on any atom is -0.394 e. The van der Waals surface area contributed by atoms with Gasteiger partial charge in [-0.15, -0.1) is 0 Å². The van der Waals surface area contributed by atoms with Crippen molar-refractivity contribution in [2.75, 3.05) is 13.2 Å². The van der Waals surface area contributed by atoms with Crippen LogP contribution in [0.1, 0.15) is 303 Å². The molecule has 8 N–H and O–H groups in total. The van der Waals surface area contributed by atoms with Gasteiger partial charge in [-0.25, -0.2) is 0 Å². The lowest BCUT2D eigenvalue weighted by molar-refractivity contribution is -0.303. The smallest absolute Gasteiger partial charge is 0.249 e. The third-order valence-electron chi connectivity index (χ3n) is 15.5. The molecule has 0 aromatic heterocycles. The standard InChI is InChI=1S/C63H121NO10/c1-3-5-7-9-11-13-15-17-19-21-23-24-25-26-27-28-29-30-31-33-35-37-39-41-43-45-47-49-51-56(67)62(72)64-54(53-73-63-61(71)60(70)59(69)57(52-65)74-63)58(68)55(66)50-48-46-44-42-40-38-36-34-32-22-20-18-16-14-12-10-8-6-4-2/h26-27,42,44,54-61,63,65-71H,3-25,28-41,43,45-53H2,1-2H3,(H,64,72)/b27-26-,44-42+. The quantitative estimate of drug-likeness (QED) is 0.0215. The summed E-state index contributed by atoms with van der Waals surface area (Å²) in [5, 5.41) is 76.3. The van der Waals surface area contributed by atoms with Crippen LogP contribution in [0.25, 0.3) is 0 Å². The molecule has 1 aliphatic heterocycles. The zero-order valence-corrected chi connectivity index (χ0v) is 48.1. The van der Waals surface area contributed by atoms with Crippen molar-refractivity contribution in [3.8, 4) is 0 Å². The maximum Gasteiger partial charge on any atom is 0.249 e. The maximum atomic E-state index is 13.2. The fraction of sp³-hybridized carbons (Fsp3) is 0.921. The van der Waals surface area contributed by atoms with Crippen LogP contribution >= 0.6 is 0 Å². The monoisotopic (exact) mass is 1050 g/mol. The van der Waals surface area contributed by atoms with E-state index in [0.29, 0.717) is 12.8 Å². The highest BCUT2D eigenvalue weighted by Crippen LogP contribution is 2.24. The predicted octanol–water partition coefficient (Wildman–Crippen LogP) is 14.1. The van der Waals surface area contributed by atoms with Gasteiger partial charge >= 0.3 is 0 Å². The summed E-state index contributed by atoms with van der Waals surface area (Å²) in [4.78, 5) is 13.2. The normalized spacial score (nSPS) is 19.9. The molecule has 0 bridgehead atoms. The highest BCUT2D eigenvalue weighted by Gasteiger charge is 2.44. The molecule has 9 atom stereocenters. The molecule has 0 aliphatic carbocycles. The Balaban J connectivity index is 2.25. The number of rotatable bonds is 55. The number of aliphatic hydroxyl groups is 7. The van der Waals surface area contributed by atoms with Gasteiger partial charge in [0.15, 0.2) is 6.29 Å². The van der Waals surface area contributed by atoms with E-state index in [1.54, 1.807) is 0 Å². The first-order valence-electron chi connectivity index (χ1n) is 31.7. The van der Waals surface area contributed by atoms with Gasteiger partial charge in [0.25, 0.3) is 0 Å². The molecule has 1 rings (SSSR count). The average Bonchev–Trinajstić information content (AvgIpc) is 3.40. The Morgan fingerprint density at radius 2 is 0.797 bits per heavy atom. The molecule has 1 aliphatic rings. The van der Waals surface area contributed by atoms with Crippen LogP contribution in [0.4, 0.5) is 0 Å². The number of aliphatic hydroxyl groups excluding tert-OH is 7. The zero-order chi connectivity index (χ0) is 54.0. The van der Waals surface area contributed by atoms with Gasteiger partial charge in [0.1, 0.15) is 36.6 Å². The molecule has 74 heavy (non-hydrogen) atoms. The Morgan fingerprint density at radius 3 is 1.16 bits per heavy atom. The van der Waals surface area contributed by atoms with E-state index in [1.165, 1.54) is 225 Å². The van der Waals surface area contributed by atoms with E-state index < -0.39 is 74.2 Å². The highest BCUT2D eigenvalue weighted by molar-refractivity contribution is 5.80. The second kappa shape index (κ2) is 52.3. The minimum absolute atomic E-state index is 0.256. The largest absolute Gasteiger partial charge is 0.394 e. The van der Waals surface area contributed by atoms with Gasteiger partial charge < -0.3 is 50.5 Å². The molecule has 11 heteroatoms. The van der Waals surface area contributed by atoms with Crippen molar-refractivity contribution in [1.82, 2.24) is 5.32 Å². The lowest BCUT2D eigenvalue weighted by Crippen LogP contribution is -2.60. The molecule has 0 radical (unpaired) electrons. The molecule has 1 fully saturated rings. The molecule has 0 saturated carbocycles. The van der Waals surface area contributed by atoms with Crippen molar-refractivity contribution in [2.24, 2.45) is 0 Å². The first kappa shape index (κ1) is 70.6. The summed E-state index contributed by atoms with van der Waals surface area (Å²) < 4.78 is 11.2. The molecule has 1 heterocycles. The van der Waals surface area contributed by atoms with E-state index in [2.05, 4.69) is 43.5 Å². The van der Waals surface area contributed by atoms with Crippen LogP contribution in [0.15, 0.2) is 24.3 Å². The second-order valence-corrected chi connectivity index (χ2v) is 22.5. The lowest BCUT2D eigenvalue weighted by Gasteiger charge is -2.40. The summed E-state index contributed by atoms with van der Waals surface area (Å²) in [6, 6.07) is -1.18. The van der Waals surface area contributed by atoms with Crippen molar-refractivity contribution in [3.05, 3.63) is 24.3 Å². The number of ether oxygens (including phenoxy) is 2. The molecule has 9 unspecified atom stereocenters. The van der Waals surface area contributed by atoms with Gasteiger partial charge in [-0.2, -0.15) is 0 Å². The molecule has 438 valence electrons. The first-order chi connectivity index (χ1) is 36.2. The topological polar surface area (TPSA) is 189 Å². The Labute approximate surface area is 454 Å². The van der Waals surface area contributed by atoms with Crippen LogP contribution in [0, 0.1) is 0 Å². The van der Waals surface area contributed by atoms with Gasteiger partial charge in [-0.05, 0) is 64.2 Å². The number of nitrogens with one attached hydrogen (secondary N) is 1. The molecular weight excluding hydrogens is 931 g/mol. The van der Waals surface area contributed by atoms with Crippen molar-refractivity contribution in [3.63, 3.8) is 0 Å². The summed E-state index contributed by atoms with van der Waals surface area (Å²) >= 11 is 0. The third kappa shape index (κ3) is 39.9. The van der Waals surface area contributed by atoms with Gasteiger partial charge in [0, 0.05) is 0 Å². The van der Waals surface area contributed by atoms with E-state index in [0.717, 1.165) is 38.5 Å². The van der Waals surface area contributed by atoms with Crippen molar-refractivity contribution >= 4 is 5.91 Å². The molecule has 0 spiro atoms. The van der Waals surface area contributed by atoms with Gasteiger partial charge in [-0.1, -0.05) is 263 Å². The van der Waals surface area contributed by atoms with E-state index in [4.69, 9.17) is 9.47 Å². The van der Waals surface area contributed by atoms with E-state index in [1.807, 2.05) is 0 Å². The van der Waals surface area contributed by atoms with Crippen molar-refractivity contribution < 1.29 is 50.0 Å². The second-order valence-electron chi connectivity index (χ2n) is 22.5. The number of carbonyl (C=O) groups is 1. The predicted molar refractivity (Wildman–Crippen MR) is 307 cm³/mol. The summed E-state index contributed by atoms with van der Waals surface area (Å²) in [6.07, 6.45) is 52.5. The zero-order valence-electron chi connectivity index (χ0n) is 48.1. The average molecular weight is 1050 g/mol. The maximum absolute atomic E-state index is 13.2. The number of amides is 1. The summed E-state index contributed by atoms with van der Waals surface area (Å²) in [5.41, 5.74) is 0. The minimum atomic E-state index is -1.67. The highest BCUT2D eigenvalue weighted by atomic mass is 16.7. The fourth-order valence-electron chi connectivity index (χ4n) is 10.3.